The van der Waals surface area contributed by atoms with Crippen molar-refractivity contribution in [3.63, 3.8) is 0 Å². The standard InChI is InChI=1S/C11H13F2NO/c1-6(2)7-3-8(10(15)5-14)11(13)9(12)4-7/h3-4,6H,5,14H2,1-2H3. The molecule has 0 saturated heterocycles. The van der Waals surface area contributed by atoms with Crippen molar-refractivity contribution in [1.29, 1.82) is 0 Å². The molecule has 0 heterocycles. The lowest BCUT2D eigenvalue weighted by molar-refractivity contribution is 0.0996. The van der Waals surface area contributed by atoms with E-state index in [0.717, 1.165) is 6.07 Å². The highest BCUT2D eigenvalue weighted by Gasteiger charge is 2.16. The third-order valence-corrected chi connectivity index (χ3v) is 2.20. The molecule has 0 aromatic heterocycles. The number of nitrogens with two attached hydrogens (primary N) is 1. The van der Waals surface area contributed by atoms with Gasteiger partial charge < -0.3 is 5.73 Å². The maximum absolute atomic E-state index is 13.2. The summed E-state index contributed by atoms with van der Waals surface area (Å²) in [6, 6.07) is 2.46. The average Bonchev–Trinajstić information content (AvgIpc) is 2.20. The number of carbonyl (C=O) groups is 1. The topological polar surface area (TPSA) is 43.1 Å². The lowest BCUT2D eigenvalue weighted by Gasteiger charge is -2.09. The SMILES string of the molecule is CC(C)c1cc(F)c(F)c(C(=O)CN)c1. The van der Waals surface area contributed by atoms with Crippen molar-refractivity contribution < 1.29 is 13.6 Å². The van der Waals surface area contributed by atoms with Gasteiger partial charge in [-0.25, -0.2) is 8.78 Å². The summed E-state index contributed by atoms with van der Waals surface area (Å²) in [5.74, 6) is -2.67. The maximum atomic E-state index is 13.2. The number of ketones is 1. The predicted molar refractivity (Wildman–Crippen MR) is 53.8 cm³/mol. The summed E-state index contributed by atoms with van der Waals surface area (Å²) in [5, 5.41) is 0. The molecule has 0 aliphatic heterocycles. The van der Waals surface area contributed by atoms with Gasteiger partial charge in [0.2, 0.25) is 0 Å². The highest BCUT2D eigenvalue weighted by atomic mass is 19.2. The molecule has 82 valence electrons. The van der Waals surface area contributed by atoms with Gasteiger partial charge in [0.25, 0.3) is 0 Å². The van der Waals surface area contributed by atoms with Crippen LogP contribution in [-0.2, 0) is 0 Å². The van der Waals surface area contributed by atoms with Crippen LogP contribution in [0, 0.1) is 11.6 Å². The van der Waals surface area contributed by atoms with E-state index in [1.54, 1.807) is 0 Å². The highest BCUT2D eigenvalue weighted by Crippen LogP contribution is 2.21. The van der Waals surface area contributed by atoms with E-state index in [9.17, 15) is 13.6 Å². The quantitative estimate of drug-likeness (QED) is 0.782. The Hall–Kier alpha value is -1.29. The molecule has 1 aromatic rings. The van der Waals surface area contributed by atoms with E-state index in [1.165, 1.54) is 6.07 Å². The molecule has 0 spiro atoms. The number of Topliss-reactive ketones (excluding diaryl/α,β-unsaturated/α-hetero) is 1. The third-order valence-electron chi connectivity index (χ3n) is 2.20. The summed E-state index contributed by atoms with van der Waals surface area (Å²) in [7, 11) is 0. The van der Waals surface area contributed by atoms with Crippen molar-refractivity contribution in [2.45, 2.75) is 19.8 Å². The Morgan fingerprint density at radius 3 is 2.47 bits per heavy atom. The summed E-state index contributed by atoms with van der Waals surface area (Å²) in [6.45, 7) is 3.35. The maximum Gasteiger partial charge on any atom is 0.179 e. The van der Waals surface area contributed by atoms with Crippen molar-refractivity contribution in [2.24, 2.45) is 5.73 Å². The number of benzene rings is 1. The number of hydrogen-bond acceptors (Lipinski definition) is 2. The zero-order valence-electron chi connectivity index (χ0n) is 8.68. The van der Waals surface area contributed by atoms with E-state index in [4.69, 9.17) is 5.73 Å². The summed E-state index contributed by atoms with van der Waals surface area (Å²) < 4.78 is 26.4. The Morgan fingerprint density at radius 1 is 1.40 bits per heavy atom. The molecule has 0 unspecified atom stereocenters. The molecule has 2 N–H and O–H groups in total. The van der Waals surface area contributed by atoms with Crippen molar-refractivity contribution >= 4 is 5.78 Å². The van der Waals surface area contributed by atoms with Crippen LogP contribution in [0.25, 0.3) is 0 Å². The Bertz CT molecular complexity index is 388. The Morgan fingerprint density at radius 2 is 2.00 bits per heavy atom. The second-order valence-electron chi connectivity index (χ2n) is 3.65. The smallest absolute Gasteiger partial charge is 0.179 e. The fourth-order valence-corrected chi connectivity index (χ4v) is 1.26. The van der Waals surface area contributed by atoms with E-state index in [2.05, 4.69) is 0 Å². The molecular weight excluding hydrogens is 200 g/mol. The highest BCUT2D eigenvalue weighted by molar-refractivity contribution is 5.97. The monoisotopic (exact) mass is 213 g/mol. The zero-order chi connectivity index (χ0) is 11.6. The first-order chi connectivity index (χ1) is 6.97. The first kappa shape index (κ1) is 11.8. The Kier molecular flexibility index (Phi) is 3.52. The summed E-state index contributed by atoms with van der Waals surface area (Å²) >= 11 is 0. The van der Waals surface area contributed by atoms with Gasteiger partial charge in [0, 0.05) is 0 Å². The van der Waals surface area contributed by atoms with Crippen molar-refractivity contribution in [2.75, 3.05) is 6.54 Å². The first-order valence-corrected chi connectivity index (χ1v) is 4.69. The van der Waals surface area contributed by atoms with E-state index in [-0.39, 0.29) is 18.0 Å². The molecule has 0 bridgehead atoms. The molecule has 0 radical (unpaired) electrons. The number of halogens is 2. The zero-order valence-corrected chi connectivity index (χ0v) is 8.68. The van der Waals surface area contributed by atoms with Gasteiger partial charge in [-0.3, -0.25) is 4.79 Å². The van der Waals surface area contributed by atoms with Crippen LogP contribution in [0.3, 0.4) is 0 Å². The Balaban J connectivity index is 3.31. The predicted octanol–water partition coefficient (Wildman–Crippen LogP) is 2.23. The molecule has 0 amide bonds. The molecule has 4 heteroatoms. The number of rotatable bonds is 3. The average molecular weight is 213 g/mol. The number of hydrogen-bond donors (Lipinski definition) is 1. The minimum Gasteiger partial charge on any atom is -0.324 e. The lowest BCUT2D eigenvalue weighted by Crippen LogP contribution is -2.16. The summed E-state index contributed by atoms with van der Waals surface area (Å²) in [4.78, 5) is 11.2. The second kappa shape index (κ2) is 4.49. The summed E-state index contributed by atoms with van der Waals surface area (Å²) in [5.41, 5.74) is 5.44. The van der Waals surface area contributed by atoms with Crippen LogP contribution in [0.5, 0.6) is 0 Å². The van der Waals surface area contributed by atoms with Crippen LogP contribution < -0.4 is 5.73 Å². The van der Waals surface area contributed by atoms with Gasteiger partial charge in [-0.05, 0) is 23.6 Å². The fourth-order valence-electron chi connectivity index (χ4n) is 1.26. The third kappa shape index (κ3) is 2.39. The molecule has 15 heavy (non-hydrogen) atoms. The molecule has 0 saturated carbocycles. The molecular formula is C11H13F2NO. The minimum absolute atomic E-state index is 0.0319. The summed E-state index contributed by atoms with van der Waals surface area (Å²) in [6.07, 6.45) is 0. The molecule has 0 aliphatic carbocycles. The van der Waals surface area contributed by atoms with Gasteiger partial charge >= 0.3 is 0 Å². The van der Waals surface area contributed by atoms with Gasteiger partial charge in [0.05, 0.1) is 12.1 Å². The Labute approximate surface area is 87.1 Å². The normalized spacial score (nSPS) is 10.8. The van der Waals surface area contributed by atoms with E-state index in [0.29, 0.717) is 5.56 Å². The number of carbonyl (C=O) groups excluding carboxylic acids is 1. The fraction of sp³-hybridized carbons (Fsp3) is 0.364. The van der Waals surface area contributed by atoms with Gasteiger partial charge in [0.15, 0.2) is 17.4 Å². The molecule has 0 atom stereocenters. The van der Waals surface area contributed by atoms with Crippen molar-refractivity contribution in [3.8, 4) is 0 Å². The second-order valence-corrected chi connectivity index (χ2v) is 3.65. The van der Waals surface area contributed by atoms with Crippen LogP contribution in [0.2, 0.25) is 0 Å². The largest absolute Gasteiger partial charge is 0.324 e. The van der Waals surface area contributed by atoms with Crippen molar-refractivity contribution in [3.05, 3.63) is 34.9 Å². The van der Waals surface area contributed by atoms with Crippen LogP contribution in [-0.4, -0.2) is 12.3 Å². The molecule has 2 nitrogen and oxygen atoms in total. The van der Waals surface area contributed by atoms with Gasteiger partial charge in [-0.2, -0.15) is 0 Å². The van der Waals surface area contributed by atoms with Crippen LogP contribution >= 0.6 is 0 Å². The molecule has 1 rings (SSSR count). The first-order valence-electron chi connectivity index (χ1n) is 4.69. The molecule has 0 fully saturated rings. The minimum atomic E-state index is -1.12. The van der Waals surface area contributed by atoms with Crippen LogP contribution in [0.4, 0.5) is 8.78 Å². The van der Waals surface area contributed by atoms with Crippen LogP contribution in [0.1, 0.15) is 35.7 Å². The van der Waals surface area contributed by atoms with E-state index in [1.807, 2.05) is 13.8 Å². The van der Waals surface area contributed by atoms with Crippen molar-refractivity contribution in [1.82, 2.24) is 0 Å². The molecule has 1 aromatic carbocycles. The molecule has 0 aliphatic rings. The van der Waals surface area contributed by atoms with Gasteiger partial charge in [-0.15, -0.1) is 0 Å². The van der Waals surface area contributed by atoms with Crippen LogP contribution in [0.15, 0.2) is 12.1 Å². The van der Waals surface area contributed by atoms with Gasteiger partial charge in [-0.1, -0.05) is 13.8 Å². The van der Waals surface area contributed by atoms with E-state index >= 15 is 0 Å². The lowest BCUT2D eigenvalue weighted by atomic mass is 9.98. The van der Waals surface area contributed by atoms with Gasteiger partial charge in [0.1, 0.15) is 0 Å². The van der Waals surface area contributed by atoms with E-state index < -0.39 is 17.4 Å².